The van der Waals surface area contributed by atoms with Gasteiger partial charge in [0, 0.05) is 38.4 Å². The molecule has 1 N–H and O–H groups in total. The van der Waals surface area contributed by atoms with Gasteiger partial charge >= 0.3 is 6.09 Å². The van der Waals surface area contributed by atoms with Crippen molar-refractivity contribution < 1.29 is 9.90 Å². The number of carbonyl (C=O) groups is 1. The molecule has 0 aliphatic carbocycles. The number of likely N-dealkylation sites (tertiary alicyclic amines) is 1. The van der Waals surface area contributed by atoms with Gasteiger partial charge in [-0.1, -0.05) is 5.21 Å². The average Bonchev–Trinajstić information content (AvgIpc) is 3.21. The lowest BCUT2D eigenvalue weighted by atomic mass is 9.98. The summed E-state index contributed by atoms with van der Waals surface area (Å²) >= 11 is 0. The summed E-state index contributed by atoms with van der Waals surface area (Å²) in [5, 5.41) is 21.6. The number of hydrogen-bond acceptors (Lipinski definition) is 6. The Labute approximate surface area is 143 Å². The molecule has 1 aliphatic rings. The van der Waals surface area contributed by atoms with Gasteiger partial charge in [0.05, 0.1) is 18.1 Å². The third-order valence-corrected chi connectivity index (χ3v) is 4.45. The fourth-order valence-corrected chi connectivity index (χ4v) is 3.20. The van der Waals surface area contributed by atoms with Gasteiger partial charge in [0.15, 0.2) is 5.65 Å². The molecule has 1 fully saturated rings. The second-order valence-corrected chi connectivity index (χ2v) is 6.31. The highest BCUT2D eigenvalue weighted by Crippen LogP contribution is 2.21. The zero-order chi connectivity index (χ0) is 17.4. The Bertz CT molecular complexity index is 917. The van der Waals surface area contributed by atoms with Crippen LogP contribution in [0, 0.1) is 5.92 Å². The molecule has 25 heavy (non-hydrogen) atoms. The summed E-state index contributed by atoms with van der Waals surface area (Å²) in [7, 11) is 1.85. The molecule has 3 aromatic heterocycles. The monoisotopic (exact) mass is 342 g/mol. The van der Waals surface area contributed by atoms with Crippen molar-refractivity contribution in [3.63, 3.8) is 0 Å². The number of nitrogens with zero attached hydrogens (tertiary/aromatic N) is 8. The summed E-state index contributed by atoms with van der Waals surface area (Å²) in [6.07, 6.45) is 6.21. The Morgan fingerprint density at radius 2 is 2.28 bits per heavy atom. The smallest absolute Gasteiger partial charge is 0.407 e. The lowest BCUT2D eigenvalue weighted by Gasteiger charge is -2.30. The molecule has 0 saturated carbocycles. The van der Waals surface area contributed by atoms with Gasteiger partial charge in [0.25, 0.3) is 0 Å². The van der Waals surface area contributed by atoms with Crippen molar-refractivity contribution in [2.75, 3.05) is 13.1 Å². The molecule has 1 aliphatic heterocycles. The van der Waals surface area contributed by atoms with Crippen molar-refractivity contribution in [1.82, 2.24) is 39.6 Å². The molecule has 1 amide bonds. The van der Waals surface area contributed by atoms with E-state index < -0.39 is 6.09 Å². The summed E-state index contributed by atoms with van der Waals surface area (Å²) < 4.78 is 3.43. The molecule has 4 rings (SSSR count). The molecule has 10 heteroatoms. The molecule has 1 saturated heterocycles. The van der Waals surface area contributed by atoms with Gasteiger partial charge in [0.2, 0.25) is 5.65 Å². The average molecular weight is 342 g/mol. The summed E-state index contributed by atoms with van der Waals surface area (Å²) in [6, 6.07) is 0. The number of amides is 1. The zero-order valence-electron chi connectivity index (χ0n) is 13.8. The van der Waals surface area contributed by atoms with Crippen LogP contribution in [0.5, 0.6) is 0 Å². The number of carboxylic acid groups (broad SMARTS) is 1. The molecule has 130 valence electrons. The highest BCUT2D eigenvalue weighted by Gasteiger charge is 2.24. The Kier molecular flexibility index (Phi) is 3.79. The van der Waals surface area contributed by atoms with Crippen LogP contribution in [0.3, 0.4) is 0 Å². The van der Waals surface area contributed by atoms with Crippen LogP contribution in [0.25, 0.3) is 22.6 Å². The SMILES string of the molecule is Cn1cc(-c2cnc3nnn(CC4CCCN(C(=O)O)C4)c3n2)cn1. The largest absolute Gasteiger partial charge is 0.465 e. The van der Waals surface area contributed by atoms with E-state index in [1.807, 2.05) is 13.2 Å². The fraction of sp³-hybridized carbons (Fsp3) is 0.467. The van der Waals surface area contributed by atoms with Gasteiger partial charge in [-0.15, -0.1) is 5.10 Å². The van der Waals surface area contributed by atoms with E-state index in [2.05, 4.69) is 25.4 Å². The van der Waals surface area contributed by atoms with Crippen molar-refractivity contribution in [3.05, 3.63) is 18.6 Å². The van der Waals surface area contributed by atoms with Crippen molar-refractivity contribution in [1.29, 1.82) is 0 Å². The topological polar surface area (TPSA) is 115 Å². The minimum Gasteiger partial charge on any atom is -0.465 e. The summed E-state index contributed by atoms with van der Waals surface area (Å²) in [4.78, 5) is 21.6. The van der Waals surface area contributed by atoms with Gasteiger partial charge in [-0.05, 0) is 18.8 Å². The van der Waals surface area contributed by atoms with E-state index in [4.69, 9.17) is 0 Å². The number of piperidine rings is 1. The highest BCUT2D eigenvalue weighted by molar-refractivity contribution is 5.69. The van der Waals surface area contributed by atoms with Crippen LogP contribution in [0.4, 0.5) is 4.79 Å². The predicted molar refractivity (Wildman–Crippen MR) is 87.6 cm³/mol. The van der Waals surface area contributed by atoms with E-state index in [1.165, 1.54) is 4.90 Å². The first-order valence-corrected chi connectivity index (χ1v) is 8.13. The minimum absolute atomic E-state index is 0.193. The van der Waals surface area contributed by atoms with E-state index in [0.29, 0.717) is 36.6 Å². The van der Waals surface area contributed by atoms with Gasteiger partial charge in [-0.25, -0.2) is 19.4 Å². The third kappa shape index (κ3) is 3.02. The van der Waals surface area contributed by atoms with Crippen molar-refractivity contribution in [2.24, 2.45) is 13.0 Å². The lowest BCUT2D eigenvalue weighted by Crippen LogP contribution is -2.40. The van der Waals surface area contributed by atoms with E-state index >= 15 is 0 Å². The van der Waals surface area contributed by atoms with Crippen LogP contribution in [0.1, 0.15) is 12.8 Å². The second-order valence-electron chi connectivity index (χ2n) is 6.31. The number of rotatable bonds is 3. The first-order chi connectivity index (χ1) is 12.1. The molecular weight excluding hydrogens is 324 g/mol. The molecule has 0 bridgehead atoms. The number of fused-ring (bicyclic) bond motifs is 1. The van der Waals surface area contributed by atoms with E-state index in [0.717, 1.165) is 18.4 Å². The summed E-state index contributed by atoms with van der Waals surface area (Å²) in [6.45, 7) is 1.67. The third-order valence-electron chi connectivity index (χ3n) is 4.45. The van der Waals surface area contributed by atoms with Gasteiger partial charge < -0.3 is 10.0 Å². The molecular formula is C15H18N8O2. The van der Waals surface area contributed by atoms with E-state index in [9.17, 15) is 9.90 Å². The van der Waals surface area contributed by atoms with Crippen LogP contribution >= 0.6 is 0 Å². The molecule has 0 radical (unpaired) electrons. The normalized spacial score (nSPS) is 18.0. The number of aryl methyl sites for hydroxylation is 1. The van der Waals surface area contributed by atoms with Crippen LogP contribution in [-0.4, -0.2) is 63.9 Å². The molecule has 3 aromatic rings. The Morgan fingerprint density at radius 3 is 3.04 bits per heavy atom. The van der Waals surface area contributed by atoms with Crippen molar-refractivity contribution in [3.8, 4) is 11.3 Å². The lowest BCUT2D eigenvalue weighted by molar-refractivity contribution is 0.115. The van der Waals surface area contributed by atoms with Gasteiger partial charge in [0.1, 0.15) is 0 Å². The highest BCUT2D eigenvalue weighted by atomic mass is 16.4. The standard InChI is InChI=1S/C15H18N8O2/c1-21-9-11(5-17-21)12-6-16-13-14(18-12)23(20-19-13)8-10-3-2-4-22(7-10)15(24)25/h5-6,9-10H,2-4,7-8H2,1H3,(H,24,25). The Morgan fingerprint density at radius 1 is 1.40 bits per heavy atom. The summed E-state index contributed by atoms with van der Waals surface area (Å²) in [5.41, 5.74) is 2.67. The van der Waals surface area contributed by atoms with Crippen LogP contribution < -0.4 is 0 Å². The van der Waals surface area contributed by atoms with E-state index in [-0.39, 0.29) is 5.92 Å². The van der Waals surface area contributed by atoms with Crippen molar-refractivity contribution >= 4 is 17.4 Å². The first kappa shape index (κ1) is 15.5. The Hall–Kier alpha value is -3.04. The molecule has 1 unspecified atom stereocenters. The maximum absolute atomic E-state index is 11.2. The zero-order valence-corrected chi connectivity index (χ0v) is 13.8. The second kappa shape index (κ2) is 6.11. The maximum atomic E-state index is 11.2. The molecule has 4 heterocycles. The molecule has 1 atom stereocenters. The van der Waals surface area contributed by atoms with Crippen LogP contribution in [0.15, 0.2) is 18.6 Å². The predicted octanol–water partition coefficient (Wildman–Crippen LogP) is 1.01. The van der Waals surface area contributed by atoms with E-state index in [1.54, 1.807) is 21.8 Å². The molecule has 0 spiro atoms. The minimum atomic E-state index is -0.869. The maximum Gasteiger partial charge on any atom is 0.407 e. The van der Waals surface area contributed by atoms with Gasteiger partial charge in [-0.3, -0.25) is 4.68 Å². The number of hydrogen-bond donors (Lipinski definition) is 1. The fourth-order valence-electron chi connectivity index (χ4n) is 3.20. The van der Waals surface area contributed by atoms with Crippen LogP contribution in [-0.2, 0) is 13.6 Å². The van der Waals surface area contributed by atoms with Gasteiger partial charge in [-0.2, -0.15) is 5.10 Å². The molecule has 0 aromatic carbocycles. The summed E-state index contributed by atoms with van der Waals surface area (Å²) in [5.74, 6) is 0.193. The number of aromatic nitrogens is 7. The molecule has 10 nitrogen and oxygen atoms in total. The Balaban J connectivity index is 1.60. The first-order valence-electron chi connectivity index (χ1n) is 8.13. The van der Waals surface area contributed by atoms with Crippen molar-refractivity contribution in [2.45, 2.75) is 19.4 Å². The quantitative estimate of drug-likeness (QED) is 0.755. The van der Waals surface area contributed by atoms with Crippen LogP contribution in [0.2, 0.25) is 0 Å².